The monoisotopic (exact) mass is 378 g/mol. The Morgan fingerprint density at radius 1 is 1.53 bits per heavy atom. The first-order valence-electron chi connectivity index (χ1n) is 5.92. The second-order valence-corrected chi connectivity index (χ2v) is 5.40. The molecule has 0 aliphatic carbocycles. The minimum Gasteiger partial charge on any atom is -0.465 e. The zero-order valence-corrected chi connectivity index (χ0v) is 12.7. The summed E-state index contributed by atoms with van der Waals surface area (Å²) in [6.07, 6.45) is 3.00. The van der Waals surface area contributed by atoms with E-state index in [0.29, 0.717) is 16.8 Å². The molecule has 0 saturated carbocycles. The first-order valence-corrected chi connectivity index (χ1v) is 7.00. The fraction of sp³-hybridized carbons (Fsp3) is 0.500. The van der Waals surface area contributed by atoms with Gasteiger partial charge in [-0.2, -0.15) is 0 Å². The first kappa shape index (κ1) is 14.3. The summed E-state index contributed by atoms with van der Waals surface area (Å²) < 4.78 is 11.9. The molecule has 104 valence electrons. The number of esters is 1. The number of hydrogen-bond acceptors (Lipinski definition) is 5. The van der Waals surface area contributed by atoms with Crippen LogP contribution < -0.4 is 11.3 Å². The van der Waals surface area contributed by atoms with Crippen molar-refractivity contribution in [2.75, 3.05) is 26.1 Å². The van der Waals surface area contributed by atoms with Gasteiger partial charge < -0.3 is 19.8 Å². The Morgan fingerprint density at radius 2 is 2.16 bits per heavy atom. The summed E-state index contributed by atoms with van der Waals surface area (Å²) >= 11 is 1.87. The lowest BCUT2D eigenvalue weighted by Gasteiger charge is -2.25. The van der Waals surface area contributed by atoms with Crippen LogP contribution in [0.2, 0.25) is 0 Å². The highest BCUT2D eigenvalue weighted by atomic mass is 127. The fourth-order valence-corrected chi connectivity index (χ4v) is 2.69. The summed E-state index contributed by atoms with van der Waals surface area (Å²) in [6.45, 7) is 1.23. The molecule has 1 saturated heterocycles. The van der Waals surface area contributed by atoms with Gasteiger partial charge in [0.05, 0.1) is 12.8 Å². The van der Waals surface area contributed by atoms with Crippen molar-refractivity contribution in [3.05, 3.63) is 25.7 Å². The van der Waals surface area contributed by atoms with Crippen molar-refractivity contribution in [1.29, 1.82) is 0 Å². The number of anilines is 1. The lowest BCUT2D eigenvalue weighted by atomic mass is 10.1. The van der Waals surface area contributed by atoms with Gasteiger partial charge in [-0.25, -0.2) is 4.79 Å². The number of nitrogens with two attached hydrogens (primary N) is 1. The largest absolute Gasteiger partial charge is 0.465 e. The second kappa shape index (κ2) is 5.91. The highest BCUT2D eigenvalue weighted by molar-refractivity contribution is 14.1. The van der Waals surface area contributed by atoms with Crippen LogP contribution in [-0.4, -0.2) is 30.9 Å². The summed E-state index contributed by atoms with van der Waals surface area (Å²) in [5.74, 6) is -0.531. The van der Waals surface area contributed by atoms with Crippen molar-refractivity contribution in [1.82, 2.24) is 4.57 Å². The zero-order chi connectivity index (χ0) is 14.0. The van der Waals surface area contributed by atoms with Gasteiger partial charge in [0.25, 0.3) is 5.56 Å². The number of nitrogens with zero attached hydrogens (tertiary/aromatic N) is 1. The van der Waals surface area contributed by atoms with E-state index in [9.17, 15) is 9.59 Å². The number of carbonyl (C=O) groups is 1. The Labute approximate surface area is 124 Å². The third-order valence-electron chi connectivity index (χ3n) is 3.21. The maximum absolute atomic E-state index is 12.2. The van der Waals surface area contributed by atoms with Crippen molar-refractivity contribution >= 4 is 34.2 Å². The highest BCUT2D eigenvalue weighted by Gasteiger charge is 2.22. The Kier molecular flexibility index (Phi) is 4.46. The van der Waals surface area contributed by atoms with Crippen LogP contribution >= 0.6 is 22.6 Å². The molecule has 0 unspecified atom stereocenters. The minimum atomic E-state index is -0.531. The number of methoxy groups -OCH3 is 1. The third-order valence-corrected chi connectivity index (χ3v) is 4.25. The van der Waals surface area contributed by atoms with Gasteiger partial charge in [-0.15, -0.1) is 0 Å². The average Bonchev–Trinajstić information content (AvgIpc) is 2.45. The molecule has 19 heavy (non-hydrogen) atoms. The van der Waals surface area contributed by atoms with Crippen LogP contribution in [0.5, 0.6) is 0 Å². The SMILES string of the molecule is COC(=O)c1cn(C2CCOCC2)c(=O)c(I)c1N. The summed E-state index contributed by atoms with van der Waals surface area (Å²) in [6, 6.07) is 0.0405. The number of halogens is 1. The summed E-state index contributed by atoms with van der Waals surface area (Å²) in [4.78, 5) is 23.9. The van der Waals surface area contributed by atoms with Crippen molar-refractivity contribution < 1.29 is 14.3 Å². The maximum Gasteiger partial charge on any atom is 0.341 e. The van der Waals surface area contributed by atoms with Gasteiger partial charge in [-0.3, -0.25) is 4.79 Å². The van der Waals surface area contributed by atoms with Crippen LogP contribution in [0.1, 0.15) is 29.2 Å². The van der Waals surface area contributed by atoms with Gasteiger partial charge in [-0.05, 0) is 35.4 Å². The van der Waals surface area contributed by atoms with Crippen LogP contribution in [0.15, 0.2) is 11.0 Å². The minimum absolute atomic E-state index is 0.0405. The number of aromatic nitrogens is 1. The van der Waals surface area contributed by atoms with E-state index in [4.69, 9.17) is 15.2 Å². The number of carbonyl (C=O) groups excluding carboxylic acids is 1. The molecule has 2 rings (SSSR count). The second-order valence-electron chi connectivity index (χ2n) is 4.32. The third kappa shape index (κ3) is 2.76. The number of rotatable bonds is 2. The van der Waals surface area contributed by atoms with Crippen molar-refractivity contribution in [2.45, 2.75) is 18.9 Å². The van der Waals surface area contributed by atoms with Crippen molar-refractivity contribution in [3.63, 3.8) is 0 Å². The molecule has 2 heterocycles. The molecule has 1 fully saturated rings. The molecule has 6 nitrogen and oxygen atoms in total. The predicted molar refractivity (Wildman–Crippen MR) is 78.3 cm³/mol. The average molecular weight is 378 g/mol. The lowest BCUT2D eigenvalue weighted by Crippen LogP contribution is -2.32. The number of nitrogen functional groups attached to an aromatic ring is 1. The van der Waals surface area contributed by atoms with Gasteiger partial charge in [0.15, 0.2) is 0 Å². The molecular formula is C12H15IN2O4. The smallest absolute Gasteiger partial charge is 0.341 e. The molecule has 0 atom stereocenters. The lowest BCUT2D eigenvalue weighted by molar-refractivity contribution is 0.0596. The molecular weight excluding hydrogens is 363 g/mol. The van der Waals surface area contributed by atoms with Crippen LogP contribution in [0.3, 0.4) is 0 Å². The first-order chi connectivity index (χ1) is 9.06. The molecule has 1 aromatic heterocycles. The molecule has 0 bridgehead atoms. The molecule has 0 amide bonds. The van der Waals surface area contributed by atoms with Gasteiger partial charge >= 0.3 is 5.97 Å². The van der Waals surface area contributed by atoms with Gasteiger partial charge in [0, 0.05) is 25.5 Å². The van der Waals surface area contributed by atoms with E-state index in [-0.39, 0.29) is 22.9 Å². The number of ether oxygens (including phenoxy) is 2. The van der Waals surface area contributed by atoms with E-state index in [0.717, 1.165) is 12.8 Å². The molecule has 0 aromatic carbocycles. The molecule has 2 N–H and O–H groups in total. The maximum atomic E-state index is 12.2. The zero-order valence-electron chi connectivity index (χ0n) is 10.5. The van der Waals surface area contributed by atoms with Crippen LogP contribution in [0.4, 0.5) is 5.69 Å². The number of pyridine rings is 1. The van der Waals surface area contributed by atoms with Crippen LogP contribution in [0.25, 0.3) is 0 Å². The standard InChI is InChI=1S/C12H15IN2O4/c1-18-12(17)8-6-15(7-2-4-19-5-3-7)11(16)9(13)10(8)14/h6-7H,2-5,14H2,1H3. The van der Waals surface area contributed by atoms with Gasteiger partial charge in [0.2, 0.25) is 0 Å². The molecule has 1 aliphatic rings. The topological polar surface area (TPSA) is 83.5 Å². The van der Waals surface area contributed by atoms with E-state index in [2.05, 4.69) is 0 Å². The summed E-state index contributed by atoms with van der Waals surface area (Å²) in [7, 11) is 1.29. The van der Waals surface area contributed by atoms with Gasteiger partial charge in [-0.1, -0.05) is 0 Å². The van der Waals surface area contributed by atoms with Crippen LogP contribution in [-0.2, 0) is 9.47 Å². The Morgan fingerprint density at radius 3 is 2.74 bits per heavy atom. The highest BCUT2D eigenvalue weighted by Crippen LogP contribution is 2.23. The Bertz CT molecular complexity index is 549. The van der Waals surface area contributed by atoms with Gasteiger partial charge in [0.1, 0.15) is 9.13 Å². The van der Waals surface area contributed by atoms with E-state index in [1.807, 2.05) is 22.6 Å². The molecule has 7 heteroatoms. The quantitative estimate of drug-likeness (QED) is 0.617. The Balaban J connectivity index is 2.51. The van der Waals surface area contributed by atoms with Crippen molar-refractivity contribution in [2.24, 2.45) is 0 Å². The normalized spacial score (nSPS) is 16.3. The van der Waals surface area contributed by atoms with E-state index in [1.54, 1.807) is 4.57 Å². The summed E-state index contributed by atoms with van der Waals surface area (Å²) in [5, 5.41) is 0. The van der Waals surface area contributed by atoms with E-state index in [1.165, 1.54) is 13.3 Å². The fourth-order valence-electron chi connectivity index (χ4n) is 2.12. The predicted octanol–water partition coefficient (Wildman–Crippen LogP) is 1.17. The van der Waals surface area contributed by atoms with Crippen molar-refractivity contribution in [3.8, 4) is 0 Å². The molecule has 1 aromatic rings. The molecule has 0 radical (unpaired) electrons. The van der Waals surface area contributed by atoms with E-state index >= 15 is 0 Å². The Hall–Kier alpha value is -1.09. The van der Waals surface area contributed by atoms with E-state index < -0.39 is 5.97 Å². The number of hydrogen-bond donors (Lipinski definition) is 1. The molecule has 1 aliphatic heterocycles. The summed E-state index contributed by atoms with van der Waals surface area (Å²) in [5.41, 5.74) is 6.06. The molecule has 0 spiro atoms. The van der Waals surface area contributed by atoms with Crippen LogP contribution in [0, 0.1) is 3.57 Å².